The Morgan fingerprint density at radius 1 is 1.16 bits per heavy atom. The molecule has 2 heterocycles. The summed E-state index contributed by atoms with van der Waals surface area (Å²) in [6, 6.07) is 10.8. The number of nitrogens with zero attached hydrogens (tertiary/aromatic N) is 4. The second kappa shape index (κ2) is 7.30. The van der Waals surface area contributed by atoms with Gasteiger partial charge in [-0.25, -0.2) is 9.97 Å². The second-order valence-electron chi connectivity index (χ2n) is 7.30. The average Bonchev–Trinajstić information content (AvgIpc) is 3.47. The van der Waals surface area contributed by atoms with Crippen LogP contribution in [0.1, 0.15) is 43.0 Å². The second-order valence-corrected chi connectivity index (χ2v) is 7.73. The molecule has 1 aromatic heterocycles. The molecule has 4 nitrogen and oxygen atoms in total. The summed E-state index contributed by atoms with van der Waals surface area (Å²) in [7, 11) is 2.18. The molecule has 0 N–H and O–H groups in total. The van der Waals surface area contributed by atoms with Crippen LogP contribution >= 0.6 is 11.6 Å². The summed E-state index contributed by atoms with van der Waals surface area (Å²) < 4.78 is 0. The van der Waals surface area contributed by atoms with Crippen molar-refractivity contribution in [1.82, 2.24) is 14.9 Å². The maximum absolute atomic E-state index is 6.10. The molecule has 0 radical (unpaired) electrons. The van der Waals surface area contributed by atoms with E-state index < -0.39 is 0 Å². The van der Waals surface area contributed by atoms with Crippen LogP contribution < -0.4 is 4.90 Å². The minimum absolute atomic E-state index is 0.553. The molecular weight excluding hydrogens is 332 g/mol. The minimum Gasteiger partial charge on any atom is -0.356 e. The van der Waals surface area contributed by atoms with Crippen LogP contribution in [0.5, 0.6) is 0 Å². The summed E-state index contributed by atoms with van der Waals surface area (Å²) in [4.78, 5) is 14.1. The largest absolute Gasteiger partial charge is 0.356 e. The molecule has 2 fully saturated rings. The molecule has 5 heteroatoms. The Labute approximate surface area is 154 Å². The van der Waals surface area contributed by atoms with Gasteiger partial charge in [0, 0.05) is 49.9 Å². The first-order valence-corrected chi connectivity index (χ1v) is 9.59. The van der Waals surface area contributed by atoms with E-state index in [9.17, 15) is 0 Å². The van der Waals surface area contributed by atoms with E-state index in [4.69, 9.17) is 16.6 Å². The number of likely N-dealkylation sites (tertiary alicyclic amines) is 1. The highest BCUT2D eigenvalue weighted by molar-refractivity contribution is 6.30. The van der Waals surface area contributed by atoms with E-state index in [0.717, 1.165) is 36.3 Å². The number of anilines is 1. The molecule has 0 bridgehead atoms. The zero-order valence-corrected chi connectivity index (χ0v) is 15.5. The van der Waals surface area contributed by atoms with E-state index in [1.165, 1.54) is 31.2 Å². The molecule has 25 heavy (non-hydrogen) atoms. The Balaban J connectivity index is 1.34. The van der Waals surface area contributed by atoms with E-state index >= 15 is 0 Å². The van der Waals surface area contributed by atoms with Crippen molar-refractivity contribution < 1.29 is 0 Å². The molecule has 0 spiro atoms. The van der Waals surface area contributed by atoms with Gasteiger partial charge in [-0.2, -0.15) is 0 Å². The average molecular weight is 357 g/mol. The van der Waals surface area contributed by atoms with Gasteiger partial charge in [0.2, 0.25) is 0 Å². The van der Waals surface area contributed by atoms with Gasteiger partial charge in [-0.15, -0.1) is 0 Å². The minimum atomic E-state index is 0.553. The van der Waals surface area contributed by atoms with Crippen molar-refractivity contribution in [2.75, 3.05) is 25.0 Å². The van der Waals surface area contributed by atoms with Crippen molar-refractivity contribution in [3.63, 3.8) is 0 Å². The van der Waals surface area contributed by atoms with Crippen LogP contribution in [0.25, 0.3) is 0 Å². The number of aromatic nitrogens is 2. The predicted octanol–water partition coefficient (Wildman–Crippen LogP) is 4.11. The first kappa shape index (κ1) is 16.8. The number of benzene rings is 1. The third-order valence-electron chi connectivity index (χ3n) is 5.36. The molecule has 1 saturated carbocycles. The molecular formula is C20H25ClN4. The van der Waals surface area contributed by atoms with Gasteiger partial charge in [0.15, 0.2) is 0 Å². The number of rotatable bonds is 5. The predicted molar refractivity (Wildman–Crippen MR) is 102 cm³/mol. The van der Waals surface area contributed by atoms with Gasteiger partial charge in [0.1, 0.15) is 11.6 Å². The van der Waals surface area contributed by atoms with Crippen molar-refractivity contribution in [3.8, 4) is 0 Å². The van der Waals surface area contributed by atoms with E-state index in [1.54, 1.807) is 0 Å². The summed E-state index contributed by atoms with van der Waals surface area (Å²) in [6.07, 6.45) is 6.74. The Kier molecular flexibility index (Phi) is 4.91. The maximum Gasteiger partial charge on any atom is 0.133 e. The van der Waals surface area contributed by atoms with Crippen LogP contribution in [-0.4, -0.2) is 41.0 Å². The first-order chi connectivity index (χ1) is 12.2. The standard InChI is InChI=1S/C20H25ClN4/c1-24(19-7-10-22-20(23-19)16-5-6-16)18-8-11-25(12-9-18)14-15-3-2-4-17(21)13-15/h2-4,7,10,13,16,18H,5-6,8-9,11-12,14H2,1H3. The fourth-order valence-corrected chi connectivity index (χ4v) is 3.86. The Hall–Kier alpha value is -1.65. The topological polar surface area (TPSA) is 32.3 Å². The molecule has 1 saturated heterocycles. The number of hydrogen-bond acceptors (Lipinski definition) is 4. The van der Waals surface area contributed by atoms with Crippen LogP contribution in [0.2, 0.25) is 5.02 Å². The highest BCUT2D eigenvalue weighted by Crippen LogP contribution is 2.38. The van der Waals surface area contributed by atoms with E-state index in [-0.39, 0.29) is 0 Å². The van der Waals surface area contributed by atoms with Crippen molar-refractivity contribution in [1.29, 1.82) is 0 Å². The lowest BCUT2D eigenvalue weighted by molar-refractivity contribution is 0.203. The van der Waals surface area contributed by atoms with Crippen molar-refractivity contribution in [2.24, 2.45) is 0 Å². The SMILES string of the molecule is CN(c1ccnc(C2CC2)n1)C1CCN(Cc2cccc(Cl)c2)CC1. The smallest absolute Gasteiger partial charge is 0.133 e. The van der Waals surface area contributed by atoms with Gasteiger partial charge in [-0.05, 0) is 49.4 Å². The van der Waals surface area contributed by atoms with E-state index in [0.29, 0.717) is 12.0 Å². The summed E-state index contributed by atoms with van der Waals surface area (Å²) >= 11 is 6.10. The molecule has 4 rings (SSSR count). The fourth-order valence-electron chi connectivity index (χ4n) is 3.64. The number of hydrogen-bond donors (Lipinski definition) is 0. The van der Waals surface area contributed by atoms with Crippen LogP contribution in [0.15, 0.2) is 36.5 Å². The van der Waals surface area contributed by atoms with Crippen LogP contribution in [0, 0.1) is 0 Å². The molecule has 0 unspecified atom stereocenters. The third kappa shape index (κ3) is 4.13. The van der Waals surface area contributed by atoms with Gasteiger partial charge < -0.3 is 4.90 Å². The molecule has 0 amide bonds. The Bertz CT molecular complexity index is 723. The summed E-state index contributed by atoms with van der Waals surface area (Å²) in [6.45, 7) is 3.21. The van der Waals surface area contributed by atoms with Gasteiger partial charge in [-0.1, -0.05) is 23.7 Å². The summed E-state index contributed by atoms with van der Waals surface area (Å²) in [5.74, 6) is 2.71. The molecule has 2 aliphatic rings. The molecule has 1 aliphatic carbocycles. The highest BCUT2D eigenvalue weighted by atomic mass is 35.5. The first-order valence-electron chi connectivity index (χ1n) is 9.21. The zero-order chi connectivity index (χ0) is 17.2. The van der Waals surface area contributed by atoms with Gasteiger partial charge in [0.25, 0.3) is 0 Å². The summed E-state index contributed by atoms with van der Waals surface area (Å²) in [5.41, 5.74) is 1.30. The number of halogens is 1. The van der Waals surface area contributed by atoms with Crippen LogP contribution in [0.3, 0.4) is 0 Å². The summed E-state index contributed by atoms with van der Waals surface area (Å²) in [5, 5.41) is 0.822. The molecule has 132 valence electrons. The lowest BCUT2D eigenvalue weighted by Crippen LogP contribution is -2.43. The zero-order valence-electron chi connectivity index (χ0n) is 14.7. The Morgan fingerprint density at radius 3 is 2.68 bits per heavy atom. The van der Waals surface area contributed by atoms with Crippen molar-refractivity contribution in [2.45, 2.75) is 44.2 Å². The van der Waals surface area contributed by atoms with Gasteiger partial charge >= 0.3 is 0 Å². The van der Waals surface area contributed by atoms with Gasteiger partial charge in [-0.3, -0.25) is 4.90 Å². The van der Waals surface area contributed by atoms with E-state index in [2.05, 4.69) is 34.0 Å². The van der Waals surface area contributed by atoms with Crippen molar-refractivity contribution >= 4 is 17.4 Å². The molecule has 1 aromatic carbocycles. The molecule has 0 atom stereocenters. The van der Waals surface area contributed by atoms with E-state index in [1.807, 2.05) is 24.4 Å². The lowest BCUT2D eigenvalue weighted by atomic mass is 10.0. The van der Waals surface area contributed by atoms with Gasteiger partial charge in [0.05, 0.1) is 0 Å². The Morgan fingerprint density at radius 2 is 1.96 bits per heavy atom. The molecule has 2 aromatic rings. The monoisotopic (exact) mass is 356 g/mol. The third-order valence-corrected chi connectivity index (χ3v) is 5.60. The van der Waals surface area contributed by atoms with Crippen LogP contribution in [-0.2, 0) is 6.54 Å². The van der Waals surface area contributed by atoms with Crippen LogP contribution in [0.4, 0.5) is 5.82 Å². The van der Waals surface area contributed by atoms with Crippen molar-refractivity contribution in [3.05, 3.63) is 52.9 Å². The molecule has 1 aliphatic heterocycles. The number of piperidine rings is 1. The normalized spacial score (nSPS) is 19.1. The maximum atomic E-state index is 6.10. The fraction of sp³-hybridized carbons (Fsp3) is 0.500. The quantitative estimate of drug-likeness (QED) is 0.807. The highest BCUT2D eigenvalue weighted by Gasteiger charge is 2.28. The lowest BCUT2D eigenvalue weighted by Gasteiger charge is -2.37.